The van der Waals surface area contributed by atoms with Crippen LogP contribution in [0.2, 0.25) is 0 Å². The first-order chi connectivity index (χ1) is 9.36. The van der Waals surface area contributed by atoms with Crippen LogP contribution >= 0.6 is 0 Å². The molecule has 0 amide bonds. The van der Waals surface area contributed by atoms with Crippen LogP contribution in [0.5, 0.6) is 0 Å². The van der Waals surface area contributed by atoms with Crippen molar-refractivity contribution in [1.29, 1.82) is 0 Å². The summed E-state index contributed by atoms with van der Waals surface area (Å²) in [5.74, 6) is 6.05. The topological polar surface area (TPSA) is 38.8 Å². The number of esters is 1. The van der Waals surface area contributed by atoms with E-state index < -0.39 is 0 Å². The SMILES string of the molecule is O=C(OCC#CCN1CCOCC1)C1CCCCC1. The van der Waals surface area contributed by atoms with E-state index in [9.17, 15) is 4.79 Å². The maximum absolute atomic E-state index is 11.7. The van der Waals surface area contributed by atoms with E-state index in [1.165, 1.54) is 6.42 Å². The lowest BCUT2D eigenvalue weighted by atomic mass is 9.89. The maximum atomic E-state index is 11.7. The molecule has 1 saturated heterocycles. The summed E-state index contributed by atoms with van der Waals surface area (Å²) in [5.41, 5.74) is 0. The van der Waals surface area contributed by atoms with Gasteiger partial charge in [-0.2, -0.15) is 0 Å². The van der Waals surface area contributed by atoms with E-state index in [4.69, 9.17) is 9.47 Å². The minimum atomic E-state index is -0.0552. The van der Waals surface area contributed by atoms with E-state index in [0.29, 0.717) is 0 Å². The third kappa shape index (κ3) is 5.22. The Hall–Kier alpha value is -1.05. The van der Waals surface area contributed by atoms with Crippen molar-refractivity contribution in [3.05, 3.63) is 0 Å². The van der Waals surface area contributed by atoms with Gasteiger partial charge in [-0.05, 0) is 12.8 Å². The standard InChI is InChI=1S/C15H23NO3/c17-15(14-6-2-1-3-7-14)19-11-5-4-8-16-9-12-18-13-10-16/h14H,1-3,6-13H2. The van der Waals surface area contributed by atoms with Gasteiger partial charge >= 0.3 is 5.97 Å². The second-order valence-corrected chi connectivity index (χ2v) is 5.18. The number of carbonyl (C=O) groups is 1. The minimum absolute atomic E-state index is 0.0552. The minimum Gasteiger partial charge on any atom is -0.452 e. The zero-order valence-corrected chi connectivity index (χ0v) is 11.5. The second-order valence-electron chi connectivity index (χ2n) is 5.18. The van der Waals surface area contributed by atoms with Crippen molar-refractivity contribution in [2.75, 3.05) is 39.5 Å². The number of hydrogen-bond acceptors (Lipinski definition) is 4. The molecule has 106 valence electrons. The molecule has 0 aromatic rings. The van der Waals surface area contributed by atoms with Crippen LogP contribution in [-0.2, 0) is 14.3 Å². The van der Waals surface area contributed by atoms with Crippen LogP contribution in [0.4, 0.5) is 0 Å². The average Bonchev–Trinajstić information content (AvgIpc) is 2.49. The molecule has 1 aliphatic carbocycles. The lowest BCUT2D eigenvalue weighted by molar-refractivity contribution is -0.148. The fraction of sp³-hybridized carbons (Fsp3) is 0.800. The smallest absolute Gasteiger partial charge is 0.309 e. The van der Waals surface area contributed by atoms with E-state index in [1.54, 1.807) is 0 Å². The molecule has 1 heterocycles. The van der Waals surface area contributed by atoms with E-state index in [-0.39, 0.29) is 18.5 Å². The van der Waals surface area contributed by atoms with Crippen molar-refractivity contribution >= 4 is 5.97 Å². The van der Waals surface area contributed by atoms with Crippen LogP contribution in [0.25, 0.3) is 0 Å². The van der Waals surface area contributed by atoms with E-state index in [1.807, 2.05) is 0 Å². The van der Waals surface area contributed by atoms with Crippen LogP contribution in [-0.4, -0.2) is 50.3 Å². The molecular formula is C15H23NO3. The third-order valence-electron chi connectivity index (χ3n) is 3.76. The summed E-state index contributed by atoms with van der Waals surface area (Å²) < 4.78 is 10.5. The summed E-state index contributed by atoms with van der Waals surface area (Å²) in [6.07, 6.45) is 5.54. The molecule has 0 unspecified atom stereocenters. The highest BCUT2D eigenvalue weighted by molar-refractivity contribution is 5.72. The summed E-state index contributed by atoms with van der Waals surface area (Å²) in [5, 5.41) is 0. The molecule has 0 spiro atoms. The first kappa shape index (κ1) is 14.4. The predicted molar refractivity (Wildman–Crippen MR) is 72.6 cm³/mol. The van der Waals surface area contributed by atoms with Crippen LogP contribution in [0.15, 0.2) is 0 Å². The summed E-state index contributed by atoms with van der Waals surface area (Å²) >= 11 is 0. The summed E-state index contributed by atoms with van der Waals surface area (Å²) in [6.45, 7) is 4.44. The van der Waals surface area contributed by atoms with E-state index >= 15 is 0 Å². The van der Waals surface area contributed by atoms with E-state index in [0.717, 1.165) is 58.5 Å². The van der Waals surface area contributed by atoms with Crippen LogP contribution in [0.3, 0.4) is 0 Å². The van der Waals surface area contributed by atoms with Crippen molar-refractivity contribution in [2.24, 2.45) is 5.92 Å². The zero-order chi connectivity index (χ0) is 13.3. The molecule has 2 fully saturated rings. The Labute approximate surface area is 115 Å². The molecule has 0 bridgehead atoms. The van der Waals surface area contributed by atoms with Gasteiger partial charge in [-0.3, -0.25) is 9.69 Å². The molecule has 19 heavy (non-hydrogen) atoms. The molecule has 4 nitrogen and oxygen atoms in total. The molecule has 0 aromatic heterocycles. The summed E-state index contributed by atoms with van der Waals surface area (Å²) in [6, 6.07) is 0. The van der Waals surface area contributed by atoms with Gasteiger partial charge in [0, 0.05) is 13.1 Å². The summed E-state index contributed by atoms with van der Waals surface area (Å²) in [7, 11) is 0. The largest absolute Gasteiger partial charge is 0.452 e. The quantitative estimate of drug-likeness (QED) is 0.572. The van der Waals surface area contributed by atoms with Gasteiger partial charge in [0.05, 0.1) is 25.7 Å². The highest BCUT2D eigenvalue weighted by atomic mass is 16.5. The molecule has 2 aliphatic rings. The fourth-order valence-electron chi connectivity index (χ4n) is 2.54. The number of nitrogens with zero attached hydrogens (tertiary/aromatic N) is 1. The number of ether oxygens (including phenoxy) is 2. The van der Waals surface area contributed by atoms with Crippen molar-refractivity contribution < 1.29 is 14.3 Å². The Balaban J connectivity index is 1.58. The number of hydrogen-bond donors (Lipinski definition) is 0. The number of carbonyl (C=O) groups excluding carboxylic acids is 1. The van der Waals surface area contributed by atoms with Crippen molar-refractivity contribution in [3.8, 4) is 11.8 Å². The van der Waals surface area contributed by atoms with Crippen molar-refractivity contribution in [1.82, 2.24) is 4.90 Å². The first-order valence-electron chi connectivity index (χ1n) is 7.29. The highest BCUT2D eigenvalue weighted by Crippen LogP contribution is 2.24. The molecule has 1 aliphatic heterocycles. The Morgan fingerprint density at radius 1 is 1.16 bits per heavy atom. The molecule has 1 saturated carbocycles. The predicted octanol–water partition coefficient (Wildman–Crippen LogP) is 1.45. The zero-order valence-electron chi connectivity index (χ0n) is 11.5. The van der Waals surface area contributed by atoms with Gasteiger partial charge in [0.2, 0.25) is 0 Å². The van der Waals surface area contributed by atoms with Gasteiger partial charge in [0.15, 0.2) is 6.61 Å². The van der Waals surface area contributed by atoms with Crippen LogP contribution in [0.1, 0.15) is 32.1 Å². The van der Waals surface area contributed by atoms with Crippen molar-refractivity contribution in [2.45, 2.75) is 32.1 Å². The second kappa shape index (κ2) is 8.19. The van der Waals surface area contributed by atoms with Gasteiger partial charge in [-0.15, -0.1) is 0 Å². The lowest BCUT2D eigenvalue weighted by Gasteiger charge is -2.24. The molecule has 2 rings (SSSR count). The molecular weight excluding hydrogens is 242 g/mol. The Morgan fingerprint density at radius 3 is 2.63 bits per heavy atom. The van der Waals surface area contributed by atoms with Gasteiger partial charge in [-0.25, -0.2) is 0 Å². The van der Waals surface area contributed by atoms with Crippen LogP contribution in [0, 0.1) is 17.8 Å². The molecule has 0 radical (unpaired) electrons. The van der Waals surface area contributed by atoms with Gasteiger partial charge < -0.3 is 9.47 Å². The molecule has 0 aromatic carbocycles. The Kier molecular flexibility index (Phi) is 6.19. The molecule has 0 N–H and O–H groups in total. The van der Waals surface area contributed by atoms with Gasteiger partial charge in [0.25, 0.3) is 0 Å². The average molecular weight is 265 g/mol. The van der Waals surface area contributed by atoms with Gasteiger partial charge in [0.1, 0.15) is 0 Å². The Bertz CT molecular complexity index is 333. The maximum Gasteiger partial charge on any atom is 0.309 e. The molecule has 4 heteroatoms. The van der Waals surface area contributed by atoms with Crippen LogP contribution < -0.4 is 0 Å². The number of morpholine rings is 1. The summed E-state index contributed by atoms with van der Waals surface area (Å²) in [4.78, 5) is 14.0. The van der Waals surface area contributed by atoms with E-state index in [2.05, 4.69) is 16.7 Å². The normalized spacial score (nSPS) is 21.5. The highest BCUT2D eigenvalue weighted by Gasteiger charge is 2.21. The number of rotatable bonds is 3. The monoisotopic (exact) mass is 265 g/mol. The van der Waals surface area contributed by atoms with Gasteiger partial charge in [-0.1, -0.05) is 31.1 Å². The van der Waals surface area contributed by atoms with Crippen molar-refractivity contribution in [3.63, 3.8) is 0 Å². The Morgan fingerprint density at radius 2 is 1.89 bits per heavy atom. The third-order valence-corrected chi connectivity index (χ3v) is 3.76. The molecule has 0 atom stereocenters. The lowest BCUT2D eigenvalue weighted by Crippen LogP contribution is -2.36. The fourth-order valence-corrected chi connectivity index (χ4v) is 2.54. The first-order valence-corrected chi connectivity index (χ1v) is 7.29.